The van der Waals surface area contributed by atoms with Crippen molar-refractivity contribution in [1.29, 1.82) is 0 Å². The van der Waals surface area contributed by atoms with E-state index >= 15 is 0 Å². The van der Waals surface area contributed by atoms with E-state index in [9.17, 15) is 4.79 Å². The highest BCUT2D eigenvalue weighted by molar-refractivity contribution is 5.73. The van der Waals surface area contributed by atoms with Crippen molar-refractivity contribution in [1.82, 2.24) is 10.2 Å². The van der Waals surface area contributed by atoms with Crippen LogP contribution in [0.5, 0.6) is 0 Å². The van der Waals surface area contributed by atoms with Gasteiger partial charge in [-0.3, -0.25) is 9.69 Å². The number of aliphatic carboxylic acids is 1. The van der Waals surface area contributed by atoms with Crippen molar-refractivity contribution in [3.05, 3.63) is 0 Å². The standard InChI is InChI=1S/C10H18N2O3/c13-10(14)9-5-11-2-3-12(9)6-8-1-4-15-7-8/h8-9,11H,1-7H2,(H,13,14). The van der Waals surface area contributed by atoms with Crippen LogP contribution >= 0.6 is 0 Å². The van der Waals surface area contributed by atoms with E-state index in [0.717, 1.165) is 39.3 Å². The first-order valence-electron chi connectivity index (χ1n) is 5.52. The van der Waals surface area contributed by atoms with Gasteiger partial charge in [-0.15, -0.1) is 0 Å². The predicted octanol–water partition coefficient (Wildman–Crippen LogP) is -0.619. The fraction of sp³-hybridized carbons (Fsp3) is 0.900. The van der Waals surface area contributed by atoms with Gasteiger partial charge in [-0.25, -0.2) is 0 Å². The van der Waals surface area contributed by atoms with Crippen LogP contribution in [-0.2, 0) is 9.53 Å². The van der Waals surface area contributed by atoms with Gasteiger partial charge in [-0.2, -0.15) is 0 Å². The molecule has 2 atom stereocenters. The van der Waals surface area contributed by atoms with E-state index in [1.54, 1.807) is 0 Å². The van der Waals surface area contributed by atoms with E-state index in [-0.39, 0.29) is 6.04 Å². The highest BCUT2D eigenvalue weighted by atomic mass is 16.5. The zero-order valence-corrected chi connectivity index (χ0v) is 8.82. The first kappa shape index (κ1) is 10.9. The predicted molar refractivity (Wildman–Crippen MR) is 54.8 cm³/mol. The maximum Gasteiger partial charge on any atom is 0.322 e. The average Bonchev–Trinajstić information content (AvgIpc) is 2.71. The Balaban J connectivity index is 1.89. The molecule has 86 valence electrons. The molecule has 0 amide bonds. The van der Waals surface area contributed by atoms with Crippen LogP contribution in [0.1, 0.15) is 6.42 Å². The summed E-state index contributed by atoms with van der Waals surface area (Å²) in [6.07, 6.45) is 1.07. The molecule has 0 aromatic heterocycles. The smallest absolute Gasteiger partial charge is 0.322 e. The highest BCUT2D eigenvalue weighted by Crippen LogP contribution is 2.16. The maximum atomic E-state index is 11.0. The molecule has 2 N–H and O–H groups in total. The van der Waals surface area contributed by atoms with Gasteiger partial charge < -0.3 is 15.2 Å². The number of hydrogen-bond acceptors (Lipinski definition) is 4. The van der Waals surface area contributed by atoms with Crippen molar-refractivity contribution >= 4 is 5.97 Å². The number of ether oxygens (including phenoxy) is 1. The van der Waals surface area contributed by atoms with Crippen LogP contribution in [0.15, 0.2) is 0 Å². The second-order valence-corrected chi connectivity index (χ2v) is 4.28. The Labute approximate surface area is 89.4 Å². The third-order valence-electron chi connectivity index (χ3n) is 3.16. The third-order valence-corrected chi connectivity index (χ3v) is 3.16. The van der Waals surface area contributed by atoms with Crippen molar-refractivity contribution in [2.24, 2.45) is 5.92 Å². The Kier molecular flexibility index (Phi) is 3.56. The first-order chi connectivity index (χ1) is 7.27. The number of nitrogens with zero attached hydrogens (tertiary/aromatic N) is 1. The Morgan fingerprint density at radius 2 is 2.47 bits per heavy atom. The minimum absolute atomic E-state index is 0.362. The van der Waals surface area contributed by atoms with Crippen LogP contribution in [0.4, 0.5) is 0 Å². The van der Waals surface area contributed by atoms with Gasteiger partial charge in [-0.1, -0.05) is 0 Å². The lowest BCUT2D eigenvalue weighted by Gasteiger charge is -2.34. The highest BCUT2D eigenvalue weighted by Gasteiger charge is 2.30. The van der Waals surface area contributed by atoms with Gasteiger partial charge in [0.1, 0.15) is 6.04 Å². The van der Waals surface area contributed by atoms with E-state index in [4.69, 9.17) is 9.84 Å². The molecule has 0 saturated carbocycles. The van der Waals surface area contributed by atoms with E-state index < -0.39 is 5.97 Å². The maximum absolute atomic E-state index is 11.0. The summed E-state index contributed by atoms with van der Waals surface area (Å²) in [5.74, 6) is -0.203. The monoisotopic (exact) mass is 214 g/mol. The summed E-state index contributed by atoms with van der Waals surface area (Å²) in [4.78, 5) is 13.1. The summed E-state index contributed by atoms with van der Waals surface area (Å²) in [6.45, 7) is 4.75. The van der Waals surface area contributed by atoms with E-state index in [1.165, 1.54) is 0 Å². The van der Waals surface area contributed by atoms with Gasteiger partial charge >= 0.3 is 5.97 Å². The van der Waals surface area contributed by atoms with Crippen LogP contribution in [0.3, 0.4) is 0 Å². The van der Waals surface area contributed by atoms with Crippen molar-refractivity contribution in [2.75, 3.05) is 39.4 Å². The largest absolute Gasteiger partial charge is 0.480 e. The summed E-state index contributed by atoms with van der Waals surface area (Å²) >= 11 is 0. The number of piperazine rings is 1. The molecule has 0 radical (unpaired) electrons. The molecule has 0 spiro atoms. The summed E-state index contributed by atoms with van der Waals surface area (Å²) in [5, 5.41) is 12.2. The summed E-state index contributed by atoms with van der Waals surface area (Å²) in [6, 6.07) is -0.362. The van der Waals surface area contributed by atoms with Gasteiger partial charge in [0, 0.05) is 32.8 Å². The van der Waals surface area contributed by atoms with E-state index in [0.29, 0.717) is 12.5 Å². The molecular formula is C10H18N2O3. The lowest BCUT2D eigenvalue weighted by molar-refractivity contribution is -0.144. The molecule has 15 heavy (non-hydrogen) atoms. The lowest BCUT2D eigenvalue weighted by Crippen LogP contribution is -2.56. The number of carbonyl (C=O) groups is 1. The Morgan fingerprint density at radius 3 is 3.13 bits per heavy atom. The molecule has 2 heterocycles. The molecule has 0 bridgehead atoms. The fourth-order valence-corrected chi connectivity index (χ4v) is 2.27. The number of rotatable bonds is 3. The minimum atomic E-state index is -0.721. The second-order valence-electron chi connectivity index (χ2n) is 4.28. The summed E-state index contributed by atoms with van der Waals surface area (Å²) < 4.78 is 5.30. The molecule has 5 nitrogen and oxygen atoms in total. The number of carboxylic acids is 1. The molecule has 0 aliphatic carbocycles. The summed E-state index contributed by atoms with van der Waals surface area (Å²) in [5.41, 5.74) is 0. The minimum Gasteiger partial charge on any atom is -0.480 e. The van der Waals surface area contributed by atoms with Gasteiger partial charge in [0.05, 0.1) is 6.61 Å². The van der Waals surface area contributed by atoms with Crippen molar-refractivity contribution in [3.63, 3.8) is 0 Å². The molecule has 2 rings (SSSR count). The van der Waals surface area contributed by atoms with Gasteiger partial charge in [0.25, 0.3) is 0 Å². The fourth-order valence-electron chi connectivity index (χ4n) is 2.27. The number of carboxylic acid groups (broad SMARTS) is 1. The van der Waals surface area contributed by atoms with Crippen LogP contribution in [0.2, 0.25) is 0 Å². The van der Waals surface area contributed by atoms with Crippen molar-refractivity contribution in [2.45, 2.75) is 12.5 Å². The zero-order valence-electron chi connectivity index (χ0n) is 8.82. The molecule has 2 aliphatic rings. The second kappa shape index (κ2) is 4.92. The van der Waals surface area contributed by atoms with E-state index in [1.807, 2.05) is 0 Å². The Hall–Kier alpha value is -0.650. The van der Waals surface area contributed by atoms with Crippen LogP contribution in [-0.4, -0.2) is 61.4 Å². The molecule has 0 aromatic rings. The van der Waals surface area contributed by atoms with Crippen molar-refractivity contribution < 1.29 is 14.6 Å². The van der Waals surface area contributed by atoms with Crippen LogP contribution in [0.25, 0.3) is 0 Å². The topological polar surface area (TPSA) is 61.8 Å². The Bertz CT molecular complexity index is 229. The molecular weight excluding hydrogens is 196 g/mol. The van der Waals surface area contributed by atoms with Gasteiger partial charge in [-0.05, 0) is 12.3 Å². The third kappa shape index (κ3) is 2.68. The van der Waals surface area contributed by atoms with Gasteiger partial charge in [0.15, 0.2) is 0 Å². The quantitative estimate of drug-likeness (QED) is 0.655. The molecule has 0 aromatic carbocycles. The van der Waals surface area contributed by atoms with E-state index in [2.05, 4.69) is 10.2 Å². The average molecular weight is 214 g/mol. The molecule has 2 fully saturated rings. The zero-order chi connectivity index (χ0) is 10.7. The van der Waals surface area contributed by atoms with Gasteiger partial charge in [0.2, 0.25) is 0 Å². The number of nitrogens with one attached hydrogen (secondary N) is 1. The van der Waals surface area contributed by atoms with Crippen molar-refractivity contribution in [3.8, 4) is 0 Å². The molecule has 2 aliphatic heterocycles. The molecule has 2 saturated heterocycles. The SMILES string of the molecule is O=C(O)C1CNCCN1CC1CCOC1. The molecule has 5 heteroatoms. The molecule has 2 unspecified atom stereocenters. The normalized spacial score (nSPS) is 33.1. The first-order valence-corrected chi connectivity index (χ1v) is 5.52. The van der Waals surface area contributed by atoms with Crippen LogP contribution in [0, 0.1) is 5.92 Å². The number of hydrogen-bond donors (Lipinski definition) is 2. The lowest BCUT2D eigenvalue weighted by atomic mass is 10.1. The summed E-state index contributed by atoms with van der Waals surface area (Å²) in [7, 11) is 0. The Morgan fingerprint density at radius 1 is 1.60 bits per heavy atom. The van der Waals surface area contributed by atoms with Crippen LogP contribution < -0.4 is 5.32 Å².